The highest BCUT2D eigenvalue weighted by molar-refractivity contribution is 5.72. The van der Waals surface area contributed by atoms with E-state index >= 15 is 0 Å². The molecular weight excluding hydrogens is 190 g/mol. The number of para-hydroxylation sites is 1. The summed E-state index contributed by atoms with van der Waals surface area (Å²) in [5, 5.41) is 7.24. The van der Waals surface area contributed by atoms with Crippen LogP contribution in [0.3, 0.4) is 0 Å². The van der Waals surface area contributed by atoms with Crippen LogP contribution in [-0.4, -0.2) is 10.2 Å². The number of hydrogen-bond acceptors (Lipinski definition) is 3. The standard InChI is InChI=1S/C11H11N3O/c12-5-9-8-6-15-10-4-2-1-3-7(10)11(8)14-13-9/h1-4H,5-6,12H2,(H,13,14). The normalized spacial score (nSPS) is 12.9. The maximum absolute atomic E-state index is 5.64. The van der Waals surface area contributed by atoms with Gasteiger partial charge in [0.25, 0.3) is 0 Å². The van der Waals surface area contributed by atoms with Gasteiger partial charge in [0.2, 0.25) is 0 Å². The van der Waals surface area contributed by atoms with E-state index in [0.717, 1.165) is 28.3 Å². The Morgan fingerprint density at radius 1 is 1.40 bits per heavy atom. The Balaban J connectivity index is 2.22. The number of hydrogen-bond donors (Lipinski definition) is 2. The highest BCUT2D eigenvalue weighted by Gasteiger charge is 2.21. The maximum atomic E-state index is 5.64. The number of nitrogens with one attached hydrogen (secondary N) is 1. The minimum absolute atomic E-state index is 0.466. The Hall–Kier alpha value is -1.81. The second-order valence-electron chi connectivity index (χ2n) is 3.52. The van der Waals surface area contributed by atoms with Crippen molar-refractivity contribution in [1.82, 2.24) is 10.2 Å². The molecule has 1 aromatic heterocycles. The van der Waals surface area contributed by atoms with Gasteiger partial charge in [0.15, 0.2) is 0 Å². The smallest absolute Gasteiger partial charge is 0.129 e. The molecule has 15 heavy (non-hydrogen) atoms. The highest BCUT2D eigenvalue weighted by Crippen LogP contribution is 2.36. The van der Waals surface area contributed by atoms with Gasteiger partial charge in [0, 0.05) is 17.7 Å². The molecule has 0 amide bonds. The van der Waals surface area contributed by atoms with E-state index in [0.29, 0.717) is 13.2 Å². The predicted octanol–water partition coefficient (Wildman–Crippen LogP) is 1.43. The topological polar surface area (TPSA) is 63.9 Å². The molecule has 4 nitrogen and oxygen atoms in total. The van der Waals surface area contributed by atoms with Gasteiger partial charge < -0.3 is 10.5 Å². The van der Waals surface area contributed by atoms with Gasteiger partial charge in [0.1, 0.15) is 18.1 Å². The number of ether oxygens (including phenoxy) is 1. The van der Waals surface area contributed by atoms with Crippen LogP contribution in [0.4, 0.5) is 0 Å². The zero-order valence-corrected chi connectivity index (χ0v) is 8.16. The van der Waals surface area contributed by atoms with Crippen molar-refractivity contribution in [2.45, 2.75) is 13.2 Å². The van der Waals surface area contributed by atoms with E-state index in [4.69, 9.17) is 10.5 Å². The van der Waals surface area contributed by atoms with E-state index < -0.39 is 0 Å². The molecule has 3 rings (SSSR count). The summed E-state index contributed by atoms with van der Waals surface area (Å²) in [6, 6.07) is 7.90. The fourth-order valence-corrected chi connectivity index (χ4v) is 1.89. The number of nitrogens with zero attached hydrogens (tertiary/aromatic N) is 1. The summed E-state index contributed by atoms with van der Waals surface area (Å²) in [4.78, 5) is 0. The van der Waals surface area contributed by atoms with Crippen molar-refractivity contribution in [1.29, 1.82) is 0 Å². The average molecular weight is 201 g/mol. The van der Waals surface area contributed by atoms with Crippen LogP contribution in [0.25, 0.3) is 11.3 Å². The van der Waals surface area contributed by atoms with Gasteiger partial charge in [-0.1, -0.05) is 12.1 Å². The van der Waals surface area contributed by atoms with Gasteiger partial charge >= 0.3 is 0 Å². The Kier molecular flexibility index (Phi) is 1.76. The molecule has 0 atom stereocenters. The van der Waals surface area contributed by atoms with Gasteiger partial charge in [0.05, 0.1) is 5.69 Å². The van der Waals surface area contributed by atoms with Gasteiger partial charge in [-0.3, -0.25) is 5.10 Å². The first-order chi connectivity index (χ1) is 7.40. The molecule has 0 saturated carbocycles. The Morgan fingerprint density at radius 2 is 2.27 bits per heavy atom. The van der Waals surface area contributed by atoms with Crippen molar-refractivity contribution in [3.05, 3.63) is 35.5 Å². The van der Waals surface area contributed by atoms with Crippen LogP contribution >= 0.6 is 0 Å². The first kappa shape index (κ1) is 8.49. The Morgan fingerprint density at radius 3 is 3.13 bits per heavy atom. The van der Waals surface area contributed by atoms with Crippen molar-refractivity contribution < 1.29 is 4.74 Å². The highest BCUT2D eigenvalue weighted by atomic mass is 16.5. The molecule has 0 bridgehead atoms. The van der Waals surface area contributed by atoms with E-state index in [9.17, 15) is 0 Å². The molecule has 0 saturated heterocycles. The first-order valence-corrected chi connectivity index (χ1v) is 4.88. The third-order valence-corrected chi connectivity index (χ3v) is 2.67. The average Bonchev–Trinajstić information content (AvgIpc) is 2.72. The van der Waals surface area contributed by atoms with Gasteiger partial charge in [-0.05, 0) is 12.1 Å². The number of H-pyrrole nitrogens is 1. The van der Waals surface area contributed by atoms with Crippen molar-refractivity contribution >= 4 is 0 Å². The number of benzene rings is 1. The van der Waals surface area contributed by atoms with E-state index in [-0.39, 0.29) is 0 Å². The van der Waals surface area contributed by atoms with Crippen molar-refractivity contribution in [3.63, 3.8) is 0 Å². The summed E-state index contributed by atoms with van der Waals surface area (Å²) >= 11 is 0. The van der Waals surface area contributed by atoms with Crippen LogP contribution in [0.5, 0.6) is 5.75 Å². The molecule has 1 aromatic carbocycles. The summed E-state index contributed by atoms with van der Waals surface area (Å²) in [5.74, 6) is 0.889. The van der Waals surface area contributed by atoms with Gasteiger partial charge in [-0.15, -0.1) is 0 Å². The lowest BCUT2D eigenvalue weighted by molar-refractivity contribution is 0.301. The second kappa shape index (κ2) is 3.10. The molecule has 4 heteroatoms. The molecule has 2 heterocycles. The van der Waals surface area contributed by atoms with E-state index in [1.54, 1.807) is 0 Å². The molecule has 1 aliphatic rings. The van der Waals surface area contributed by atoms with E-state index in [1.807, 2.05) is 24.3 Å². The van der Waals surface area contributed by atoms with Crippen LogP contribution in [0.15, 0.2) is 24.3 Å². The molecule has 0 spiro atoms. The third-order valence-electron chi connectivity index (χ3n) is 2.67. The SMILES string of the molecule is NCc1[nH]nc2c1COc1ccccc1-2. The quantitative estimate of drug-likeness (QED) is 0.733. The minimum atomic E-state index is 0.466. The Labute approximate surface area is 87.1 Å². The fraction of sp³-hybridized carbons (Fsp3) is 0.182. The molecule has 0 radical (unpaired) electrons. The molecule has 0 aliphatic carbocycles. The number of rotatable bonds is 1. The van der Waals surface area contributed by atoms with Crippen LogP contribution in [-0.2, 0) is 13.2 Å². The third kappa shape index (κ3) is 1.15. The van der Waals surface area contributed by atoms with Crippen LogP contribution in [0.2, 0.25) is 0 Å². The van der Waals surface area contributed by atoms with Crippen LogP contribution in [0.1, 0.15) is 11.3 Å². The molecule has 3 N–H and O–H groups in total. The largest absolute Gasteiger partial charge is 0.488 e. The predicted molar refractivity (Wildman–Crippen MR) is 56.2 cm³/mol. The monoisotopic (exact) mass is 201 g/mol. The van der Waals surface area contributed by atoms with Crippen LogP contribution < -0.4 is 10.5 Å². The van der Waals surface area contributed by atoms with Gasteiger partial charge in [-0.25, -0.2) is 0 Å². The number of fused-ring (bicyclic) bond motifs is 3. The van der Waals surface area contributed by atoms with Crippen LogP contribution in [0, 0.1) is 0 Å². The summed E-state index contributed by atoms with van der Waals surface area (Å²) in [5.41, 5.74) is 9.66. The lowest BCUT2D eigenvalue weighted by Gasteiger charge is -2.16. The van der Waals surface area contributed by atoms with Gasteiger partial charge in [-0.2, -0.15) is 5.10 Å². The number of aromatic amines is 1. The fourth-order valence-electron chi connectivity index (χ4n) is 1.89. The summed E-state index contributed by atoms with van der Waals surface area (Å²) in [7, 11) is 0. The van der Waals surface area contributed by atoms with Crippen molar-refractivity contribution in [3.8, 4) is 17.0 Å². The summed E-state index contributed by atoms with van der Waals surface area (Å²) in [6.07, 6.45) is 0. The van der Waals surface area contributed by atoms with E-state index in [1.165, 1.54) is 0 Å². The Bertz CT molecular complexity index is 504. The number of nitrogens with two attached hydrogens (primary N) is 1. The minimum Gasteiger partial charge on any atom is -0.488 e. The first-order valence-electron chi connectivity index (χ1n) is 4.88. The molecule has 1 aliphatic heterocycles. The molecule has 0 unspecified atom stereocenters. The summed E-state index contributed by atoms with van der Waals surface area (Å²) in [6.45, 7) is 1.02. The van der Waals surface area contributed by atoms with Crippen molar-refractivity contribution in [2.24, 2.45) is 5.73 Å². The molecule has 0 fully saturated rings. The lowest BCUT2D eigenvalue weighted by atomic mass is 10.0. The molecular formula is C11H11N3O. The lowest BCUT2D eigenvalue weighted by Crippen LogP contribution is -2.08. The molecule has 76 valence electrons. The zero-order valence-electron chi connectivity index (χ0n) is 8.16. The summed E-state index contributed by atoms with van der Waals surface area (Å²) < 4.78 is 5.64. The number of aromatic nitrogens is 2. The molecule has 2 aromatic rings. The second-order valence-corrected chi connectivity index (χ2v) is 3.52. The zero-order chi connectivity index (χ0) is 10.3. The van der Waals surface area contributed by atoms with Crippen molar-refractivity contribution in [2.75, 3.05) is 0 Å². The maximum Gasteiger partial charge on any atom is 0.129 e. The van der Waals surface area contributed by atoms with E-state index in [2.05, 4.69) is 10.2 Å².